The number of benzene rings is 1. The lowest BCUT2D eigenvalue weighted by Crippen LogP contribution is -2.40. The van der Waals surface area contributed by atoms with Gasteiger partial charge in [0.1, 0.15) is 5.01 Å². The molecule has 0 radical (unpaired) electrons. The van der Waals surface area contributed by atoms with Crippen molar-refractivity contribution in [1.82, 2.24) is 20.4 Å². The maximum Gasteiger partial charge on any atom is 0.318 e. The van der Waals surface area contributed by atoms with Gasteiger partial charge in [0.25, 0.3) is 5.91 Å². The summed E-state index contributed by atoms with van der Waals surface area (Å²) in [6, 6.07) is 4.83. The number of hydrogen-bond donors (Lipinski definition) is 2. The quantitative estimate of drug-likeness (QED) is 0.688. The molecule has 1 atom stereocenters. The second-order valence-electron chi connectivity index (χ2n) is 6.54. The monoisotopic (exact) mass is 419 g/mol. The number of hydrogen-bond acceptors (Lipinski definition) is 8. The Morgan fingerprint density at radius 2 is 2.17 bits per heavy atom. The van der Waals surface area contributed by atoms with E-state index < -0.39 is 0 Å². The Hall–Kier alpha value is -2.92. The number of nitrogens with one attached hydrogen (secondary N) is 2. The van der Waals surface area contributed by atoms with Gasteiger partial charge in [0.05, 0.1) is 12.6 Å². The minimum absolute atomic E-state index is 0.161. The summed E-state index contributed by atoms with van der Waals surface area (Å²) >= 11 is 1.20. The Balaban J connectivity index is 1.40. The van der Waals surface area contributed by atoms with E-state index >= 15 is 0 Å². The number of likely N-dealkylation sites (tertiary alicyclic amines) is 1. The zero-order valence-corrected chi connectivity index (χ0v) is 16.7. The molecule has 154 valence electrons. The van der Waals surface area contributed by atoms with Gasteiger partial charge in [-0.05, 0) is 25.0 Å². The molecule has 1 aromatic heterocycles. The van der Waals surface area contributed by atoms with E-state index in [-0.39, 0.29) is 29.8 Å². The SMILES string of the molecule is COCCNC(=O)N1CCC[C@H]1c1nnc(C(=O)Nc2ccc3c(c2)OCO3)s1. The molecular weight excluding hydrogens is 398 g/mol. The fraction of sp³-hybridized carbons (Fsp3) is 0.444. The highest BCUT2D eigenvalue weighted by molar-refractivity contribution is 7.13. The van der Waals surface area contributed by atoms with Gasteiger partial charge in [-0.25, -0.2) is 4.79 Å². The third kappa shape index (κ3) is 4.25. The van der Waals surface area contributed by atoms with E-state index in [1.807, 2.05) is 0 Å². The van der Waals surface area contributed by atoms with Gasteiger partial charge >= 0.3 is 6.03 Å². The van der Waals surface area contributed by atoms with Crippen LogP contribution < -0.4 is 20.1 Å². The highest BCUT2D eigenvalue weighted by Crippen LogP contribution is 2.35. The fourth-order valence-electron chi connectivity index (χ4n) is 3.25. The van der Waals surface area contributed by atoms with Crippen LogP contribution in [0.2, 0.25) is 0 Å². The number of methoxy groups -OCH3 is 1. The number of anilines is 1. The Bertz CT molecular complexity index is 905. The summed E-state index contributed by atoms with van der Waals surface area (Å²) in [5, 5.41) is 14.7. The molecule has 2 aromatic rings. The summed E-state index contributed by atoms with van der Waals surface area (Å²) in [7, 11) is 1.59. The van der Waals surface area contributed by atoms with Crippen LogP contribution in [0.1, 0.15) is 33.7 Å². The van der Waals surface area contributed by atoms with Crippen molar-refractivity contribution in [2.45, 2.75) is 18.9 Å². The normalized spacial score (nSPS) is 17.4. The van der Waals surface area contributed by atoms with Crippen LogP contribution in [-0.4, -0.2) is 60.6 Å². The zero-order valence-electron chi connectivity index (χ0n) is 15.8. The molecule has 1 fully saturated rings. The standard InChI is InChI=1S/C18H21N5O5S/c1-26-8-6-19-18(25)23-7-2-3-12(23)16-21-22-17(29-16)15(24)20-11-4-5-13-14(9-11)28-10-27-13/h4-5,9,12H,2-3,6-8,10H2,1H3,(H,19,25)(H,20,24)/t12-/m0/s1. The first kappa shape index (κ1) is 19.4. The minimum atomic E-state index is -0.360. The number of carbonyl (C=O) groups is 2. The first-order valence-corrected chi connectivity index (χ1v) is 10.0. The van der Waals surface area contributed by atoms with Crippen LogP contribution in [0, 0.1) is 0 Å². The Morgan fingerprint density at radius 3 is 3.03 bits per heavy atom. The molecule has 29 heavy (non-hydrogen) atoms. The molecule has 0 aliphatic carbocycles. The average molecular weight is 419 g/mol. The van der Waals surface area contributed by atoms with Crippen molar-refractivity contribution in [3.63, 3.8) is 0 Å². The van der Waals surface area contributed by atoms with Crippen molar-refractivity contribution >= 4 is 29.0 Å². The molecule has 0 bridgehead atoms. The van der Waals surface area contributed by atoms with Crippen molar-refractivity contribution in [3.05, 3.63) is 28.2 Å². The van der Waals surface area contributed by atoms with E-state index in [0.29, 0.717) is 41.9 Å². The van der Waals surface area contributed by atoms with Gasteiger partial charge in [-0.2, -0.15) is 0 Å². The fourth-order valence-corrected chi connectivity index (χ4v) is 4.13. The first-order chi connectivity index (χ1) is 14.2. The van der Waals surface area contributed by atoms with Crippen LogP contribution in [0.3, 0.4) is 0 Å². The Labute approximate surface area is 171 Å². The van der Waals surface area contributed by atoms with Crippen LogP contribution >= 0.6 is 11.3 Å². The van der Waals surface area contributed by atoms with E-state index in [0.717, 1.165) is 12.8 Å². The highest BCUT2D eigenvalue weighted by atomic mass is 32.1. The van der Waals surface area contributed by atoms with Crippen LogP contribution in [0.4, 0.5) is 10.5 Å². The smallest absolute Gasteiger partial charge is 0.318 e. The Kier molecular flexibility index (Phi) is 5.76. The van der Waals surface area contributed by atoms with Crippen LogP contribution in [0.5, 0.6) is 11.5 Å². The lowest BCUT2D eigenvalue weighted by molar-refractivity contribution is 0.102. The topological polar surface area (TPSA) is 115 Å². The molecule has 4 rings (SSSR count). The van der Waals surface area contributed by atoms with E-state index in [9.17, 15) is 9.59 Å². The lowest BCUT2D eigenvalue weighted by atomic mass is 10.2. The van der Waals surface area contributed by atoms with Gasteiger partial charge in [0, 0.05) is 32.0 Å². The number of amides is 3. The maximum absolute atomic E-state index is 12.6. The molecule has 2 aliphatic heterocycles. The third-order valence-corrected chi connectivity index (χ3v) is 5.67. The summed E-state index contributed by atoms with van der Waals surface area (Å²) in [6.45, 7) is 1.70. The molecule has 0 saturated carbocycles. The van der Waals surface area contributed by atoms with Crippen LogP contribution in [0.15, 0.2) is 18.2 Å². The van der Waals surface area contributed by atoms with E-state index in [4.69, 9.17) is 14.2 Å². The summed E-state index contributed by atoms with van der Waals surface area (Å²) in [6.07, 6.45) is 1.66. The van der Waals surface area contributed by atoms with Crippen molar-refractivity contribution in [2.24, 2.45) is 0 Å². The largest absolute Gasteiger partial charge is 0.454 e. The molecule has 2 aliphatic rings. The predicted molar refractivity (Wildman–Crippen MR) is 104 cm³/mol. The van der Waals surface area contributed by atoms with Crippen molar-refractivity contribution in [3.8, 4) is 11.5 Å². The molecular formula is C18H21N5O5S. The number of nitrogens with zero attached hydrogens (tertiary/aromatic N) is 3. The molecule has 3 heterocycles. The number of rotatable bonds is 6. The van der Waals surface area contributed by atoms with Crippen LogP contribution in [0.25, 0.3) is 0 Å². The molecule has 10 nitrogen and oxygen atoms in total. The van der Waals surface area contributed by atoms with Crippen molar-refractivity contribution in [1.29, 1.82) is 0 Å². The van der Waals surface area contributed by atoms with Gasteiger partial charge in [-0.3, -0.25) is 4.79 Å². The summed E-state index contributed by atoms with van der Waals surface area (Å²) in [4.78, 5) is 26.7. The summed E-state index contributed by atoms with van der Waals surface area (Å²) in [5.74, 6) is 0.870. The van der Waals surface area contributed by atoms with Crippen molar-refractivity contribution in [2.75, 3.05) is 38.9 Å². The second kappa shape index (κ2) is 8.62. The highest BCUT2D eigenvalue weighted by Gasteiger charge is 2.33. The summed E-state index contributed by atoms with van der Waals surface area (Å²) in [5.41, 5.74) is 0.580. The van der Waals surface area contributed by atoms with Gasteiger partial charge in [0.2, 0.25) is 11.8 Å². The van der Waals surface area contributed by atoms with Crippen molar-refractivity contribution < 1.29 is 23.8 Å². The molecule has 11 heteroatoms. The van der Waals surface area contributed by atoms with Gasteiger partial charge in [0.15, 0.2) is 11.5 Å². The summed E-state index contributed by atoms with van der Waals surface area (Å²) < 4.78 is 15.5. The third-order valence-electron chi connectivity index (χ3n) is 4.65. The predicted octanol–water partition coefficient (Wildman–Crippen LogP) is 2.01. The van der Waals surface area contributed by atoms with E-state index in [1.165, 1.54) is 11.3 Å². The molecule has 2 N–H and O–H groups in total. The average Bonchev–Trinajstić information content (AvgIpc) is 3.46. The van der Waals surface area contributed by atoms with Crippen LogP contribution in [-0.2, 0) is 4.74 Å². The lowest BCUT2D eigenvalue weighted by Gasteiger charge is -2.22. The number of fused-ring (bicyclic) bond motifs is 1. The second-order valence-corrected chi connectivity index (χ2v) is 7.55. The maximum atomic E-state index is 12.6. The van der Waals surface area contributed by atoms with Gasteiger partial charge in [-0.1, -0.05) is 11.3 Å². The number of carbonyl (C=O) groups excluding carboxylic acids is 2. The minimum Gasteiger partial charge on any atom is -0.454 e. The molecule has 0 spiro atoms. The Morgan fingerprint density at radius 1 is 1.31 bits per heavy atom. The van der Waals surface area contributed by atoms with E-state index in [2.05, 4.69) is 20.8 Å². The molecule has 1 aromatic carbocycles. The number of aromatic nitrogens is 2. The molecule has 3 amide bonds. The van der Waals surface area contributed by atoms with Gasteiger partial charge < -0.3 is 29.7 Å². The zero-order chi connectivity index (χ0) is 20.2. The first-order valence-electron chi connectivity index (χ1n) is 9.23. The molecule has 0 unspecified atom stereocenters. The molecule has 1 saturated heterocycles. The number of ether oxygens (including phenoxy) is 3. The van der Waals surface area contributed by atoms with E-state index in [1.54, 1.807) is 30.2 Å². The van der Waals surface area contributed by atoms with Gasteiger partial charge in [-0.15, -0.1) is 10.2 Å². The number of urea groups is 1.